The minimum absolute atomic E-state index is 0.00729. The smallest absolute Gasteiger partial charge is 0.252 e. The highest BCUT2D eigenvalue weighted by atomic mass is 35.5. The minimum Gasteiger partial charge on any atom is -0.395 e. The molecule has 1 aromatic heterocycles. The first-order valence-electron chi connectivity index (χ1n) is 11.2. The van der Waals surface area contributed by atoms with E-state index in [1.807, 2.05) is 11.2 Å². The van der Waals surface area contributed by atoms with Gasteiger partial charge in [-0.3, -0.25) is 5.01 Å². The molecule has 2 atom stereocenters. The molecule has 1 aromatic carbocycles. The van der Waals surface area contributed by atoms with Gasteiger partial charge in [0, 0.05) is 30.8 Å². The zero-order valence-corrected chi connectivity index (χ0v) is 22.0. The average Bonchev–Trinajstić information content (AvgIpc) is 3.52. The van der Waals surface area contributed by atoms with Crippen LogP contribution >= 0.6 is 34.5 Å². The lowest BCUT2D eigenvalue weighted by atomic mass is 9.80. The number of aliphatic hydroxyl groups excluding tert-OH is 1. The van der Waals surface area contributed by atoms with Gasteiger partial charge in [0.05, 0.1) is 23.0 Å². The van der Waals surface area contributed by atoms with Crippen molar-refractivity contribution in [1.29, 1.82) is 0 Å². The molecule has 2 N–H and O–H groups in total. The Morgan fingerprint density at radius 3 is 2.69 bits per heavy atom. The van der Waals surface area contributed by atoms with Gasteiger partial charge in [0.1, 0.15) is 14.4 Å². The first kappa shape index (κ1) is 24.8. The molecule has 2 aliphatic carbocycles. The van der Waals surface area contributed by atoms with E-state index < -0.39 is 10.0 Å². The highest BCUT2D eigenvalue weighted by Gasteiger charge is 2.40. The van der Waals surface area contributed by atoms with Gasteiger partial charge in [-0.2, -0.15) is 4.31 Å². The molecular weight excluding hydrogens is 532 g/mol. The quantitative estimate of drug-likeness (QED) is 0.483. The van der Waals surface area contributed by atoms with Crippen molar-refractivity contribution < 1.29 is 17.9 Å². The van der Waals surface area contributed by atoms with Crippen LogP contribution in [0.3, 0.4) is 0 Å². The molecule has 0 unspecified atom stereocenters. The van der Waals surface area contributed by atoms with E-state index in [2.05, 4.69) is 18.4 Å². The van der Waals surface area contributed by atoms with Crippen LogP contribution in [0, 0.1) is 17.7 Å². The van der Waals surface area contributed by atoms with Crippen LogP contribution in [0.5, 0.6) is 0 Å². The van der Waals surface area contributed by atoms with Gasteiger partial charge in [-0.1, -0.05) is 35.7 Å². The van der Waals surface area contributed by atoms with Crippen molar-refractivity contribution in [3.8, 4) is 0 Å². The summed E-state index contributed by atoms with van der Waals surface area (Å²) in [6.07, 6.45) is 5.76. The monoisotopic (exact) mass is 555 g/mol. The number of nitrogens with zero attached hydrogens (tertiary/aromatic N) is 2. The fourth-order valence-corrected chi connectivity index (χ4v) is 8.67. The van der Waals surface area contributed by atoms with Crippen LogP contribution in [0.25, 0.3) is 0 Å². The number of fused-ring (bicyclic) bond motifs is 1. The Balaban J connectivity index is 1.43. The molecule has 0 saturated carbocycles. The molecular formula is C24H24Cl2FN3O3S2. The summed E-state index contributed by atoms with van der Waals surface area (Å²) in [6, 6.07) is 7.69. The summed E-state index contributed by atoms with van der Waals surface area (Å²) in [5.74, 6) is -0.184. The molecule has 0 bridgehead atoms. The number of hydrazine groups is 1. The van der Waals surface area contributed by atoms with Crippen LogP contribution in [0.15, 0.2) is 69.2 Å². The van der Waals surface area contributed by atoms with Crippen molar-refractivity contribution in [1.82, 2.24) is 9.73 Å². The Labute approximate surface area is 218 Å². The predicted octanol–water partition coefficient (Wildman–Crippen LogP) is 5.33. The van der Waals surface area contributed by atoms with Gasteiger partial charge in [-0.15, -0.1) is 11.3 Å². The van der Waals surface area contributed by atoms with E-state index in [1.54, 1.807) is 12.1 Å². The molecule has 2 aromatic rings. The summed E-state index contributed by atoms with van der Waals surface area (Å²) in [4.78, 5) is 0. The van der Waals surface area contributed by atoms with Gasteiger partial charge in [-0.25, -0.2) is 12.8 Å². The van der Waals surface area contributed by atoms with Crippen LogP contribution in [-0.4, -0.2) is 37.5 Å². The minimum atomic E-state index is -3.85. The maximum absolute atomic E-state index is 13.4. The molecule has 186 valence electrons. The van der Waals surface area contributed by atoms with Crippen LogP contribution in [-0.2, 0) is 10.0 Å². The third-order valence-electron chi connectivity index (χ3n) is 6.78. The molecule has 0 fully saturated rings. The second-order valence-electron chi connectivity index (χ2n) is 8.78. The molecule has 3 aliphatic rings. The van der Waals surface area contributed by atoms with E-state index >= 15 is 0 Å². The summed E-state index contributed by atoms with van der Waals surface area (Å²) >= 11 is 13.0. The van der Waals surface area contributed by atoms with Crippen molar-refractivity contribution >= 4 is 50.2 Å². The predicted molar refractivity (Wildman–Crippen MR) is 137 cm³/mol. The number of allylic oxidation sites excluding steroid dienone is 3. The average molecular weight is 557 g/mol. The molecule has 35 heavy (non-hydrogen) atoms. The summed E-state index contributed by atoms with van der Waals surface area (Å²) in [5.41, 5.74) is 8.66. The largest absolute Gasteiger partial charge is 0.395 e. The highest BCUT2D eigenvalue weighted by molar-refractivity contribution is 7.91. The van der Waals surface area contributed by atoms with E-state index in [0.717, 1.165) is 41.1 Å². The van der Waals surface area contributed by atoms with Gasteiger partial charge in [0.2, 0.25) is 0 Å². The topological polar surface area (TPSA) is 72.9 Å². The number of hydrogen-bond donors (Lipinski definition) is 2. The number of sulfonamides is 1. The zero-order valence-electron chi connectivity index (χ0n) is 18.8. The van der Waals surface area contributed by atoms with Crippen LogP contribution in [0.2, 0.25) is 9.36 Å². The molecule has 0 amide bonds. The van der Waals surface area contributed by atoms with Crippen molar-refractivity contribution in [2.24, 2.45) is 11.8 Å². The van der Waals surface area contributed by atoms with Gasteiger partial charge < -0.3 is 10.5 Å². The van der Waals surface area contributed by atoms with Crippen LogP contribution in [0.4, 0.5) is 10.1 Å². The molecule has 2 heterocycles. The Morgan fingerprint density at radius 2 is 2.03 bits per heavy atom. The second kappa shape index (κ2) is 9.53. The molecule has 5 rings (SSSR count). The summed E-state index contributed by atoms with van der Waals surface area (Å²) in [7, 11) is -3.85. The number of hydrogen-bond acceptors (Lipinski definition) is 6. The van der Waals surface area contributed by atoms with Crippen LogP contribution < -0.4 is 10.4 Å². The van der Waals surface area contributed by atoms with E-state index in [-0.39, 0.29) is 50.9 Å². The Kier molecular flexibility index (Phi) is 6.76. The lowest BCUT2D eigenvalue weighted by Gasteiger charge is -2.31. The van der Waals surface area contributed by atoms with Gasteiger partial charge in [0.15, 0.2) is 0 Å². The summed E-state index contributed by atoms with van der Waals surface area (Å²) in [6.45, 7) is 2.11. The third kappa shape index (κ3) is 4.43. The summed E-state index contributed by atoms with van der Waals surface area (Å²) < 4.78 is 41.7. The fraction of sp³-hybridized carbons (Fsp3) is 0.333. The molecule has 11 heteroatoms. The molecule has 1 aliphatic heterocycles. The number of rotatable bonds is 7. The van der Waals surface area contributed by atoms with Crippen molar-refractivity contribution in [3.63, 3.8) is 0 Å². The maximum atomic E-state index is 13.4. The van der Waals surface area contributed by atoms with E-state index in [4.69, 9.17) is 23.2 Å². The first-order chi connectivity index (χ1) is 16.7. The Morgan fingerprint density at radius 1 is 1.29 bits per heavy atom. The van der Waals surface area contributed by atoms with Crippen LogP contribution in [0.1, 0.15) is 19.8 Å². The number of benzene rings is 1. The molecule has 6 nitrogen and oxygen atoms in total. The SMILES string of the molecule is C[C@H]1C2=CNN(c3ccc(F)cc3)C2=CC2=C1[C@@H](CN(CCO)S(=O)(=O)c1cc(Cl)c(Cl)s1)CC2. The van der Waals surface area contributed by atoms with E-state index in [0.29, 0.717) is 0 Å². The first-order valence-corrected chi connectivity index (χ1v) is 14.2. The standard InChI is InChI=1S/C24H24Cl2FN3O3S2/c1-14-19-12-28-30(18-6-4-17(27)5-7-18)21(19)10-15-2-3-16(23(14)15)13-29(8-9-31)35(32,33)22-11-20(25)24(26)34-22/h4-7,10-12,14,16,28,31H,2-3,8-9,13H2,1H3/t14-,16+/m0/s1. The fourth-order valence-electron chi connectivity index (χ4n) is 5.15. The number of halogens is 3. The van der Waals surface area contributed by atoms with E-state index in [1.165, 1.54) is 33.7 Å². The van der Waals surface area contributed by atoms with E-state index in [9.17, 15) is 17.9 Å². The third-order valence-corrected chi connectivity index (χ3v) is 11.0. The zero-order chi connectivity index (χ0) is 24.9. The lowest BCUT2D eigenvalue weighted by Crippen LogP contribution is -2.38. The van der Waals surface area contributed by atoms with Gasteiger partial charge in [0.25, 0.3) is 10.0 Å². The maximum Gasteiger partial charge on any atom is 0.252 e. The van der Waals surface area contributed by atoms with Crippen molar-refractivity contribution in [2.75, 3.05) is 24.7 Å². The molecule has 0 saturated heterocycles. The summed E-state index contributed by atoms with van der Waals surface area (Å²) in [5, 5.41) is 11.8. The second-order valence-corrected chi connectivity index (χ2v) is 13.0. The number of aliphatic hydroxyl groups is 1. The number of nitrogens with one attached hydrogen (secondary N) is 1. The van der Waals surface area contributed by atoms with Crippen molar-refractivity contribution in [2.45, 2.75) is 24.0 Å². The van der Waals surface area contributed by atoms with Gasteiger partial charge >= 0.3 is 0 Å². The Bertz CT molecular complexity index is 1330. The Hall–Kier alpha value is -1.88. The number of thiophene rings is 1. The van der Waals surface area contributed by atoms with Gasteiger partial charge in [-0.05, 0) is 60.7 Å². The number of anilines is 1. The lowest BCUT2D eigenvalue weighted by molar-refractivity contribution is 0.243. The molecule has 0 spiro atoms. The highest BCUT2D eigenvalue weighted by Crippen LogP contribution is 2.48. The van der Waals surface area contributed by atoms with Crippen molar-refractivity contribution in [3.05, 3.63) is 80.2 Å². The molecule has 0 radical (unpaired) electrons. The normalized spacial score (nSPS) is 21.7.